The number of benzene rings is 1. The van der Waals surface area contributed by atoms with Crippen LogP contribution < -0.4 is 4.74 Å². The lowest BCUT2D eigenvalue weighted by Crippen LogP contribution is -2.74. The first kappa shape index (κ1) is 28.3. The van der Waals surface area contributed by atoms with Gasteiger partial charge in [-0.2, -0.15) is 5.06 Å². The molecule has 0 aliphatic carbocycles. The largest absolute Gasteiger partial charge is 0.491 e. The van der Waals surface area contributed by atoms with E-state index in [-0.39, 0.29) is 42.3 Å². The van der Waals surface area contributed by atoms with Crippen molar-refractivity contribution in [1.29, 1.82) is 0 Å². The van der Waals surface area contributed by atoms with Crippen molar-refractivity contribution in [2.45, 2.75) is 90.2 Å². The van der Waals surface area contributed by atoms with Gasteiger partial charge in [0.1, 0.15) is 23.9 Å². The first-order valence-electron chi connectivity index (χ1n) is 13.7. The van der Waals surface area contributed by atoms with Gasteiger partial charge < -0.3 is 23.7 Å². The summed E-state index contributed by atoms with van der Waals surface area (Å²) in [5, 5.41) is 2.23. The van der Waals surface area contributed by atoms with Gasteiger partial charge in [-0.05, 0) is 57.7 Å². The normalized spacial score (nSPS) is 37.9. The lowest BCUT2D eigenvalue weighted by atomic mass is 9.67. The van der Waals surface area contributed by atoms with Gasteiger partial charge in [0.25, 0.3) is 0 Å². The maximum atomic E-state index is 12.4. The zero-order chi connectivity index (χ0) is 26.9. The minimum absolute atomic E-state index is 0.0127. The number of hydrogen-bond acceptors (Lipinski definition) is 8. The van der Waals surface area contributed by atoms with Crippen LogP contribution in [0.3, 0.4) is 0 Å². The molecule has 3 saturated heterocycles. The van der Waals surface area contributed by atoms with Crippen molar-refractivity contribution in [3.8, 4) is 5.75 Å². The molecule has 8 nitrogen and oxygen atoms in total. The van der Waals surface area contributed by atoms with Gasteiger partial charge in [0.05, 0.1) is 39.1 Å². The molecule has 0 aromatic heterocycles. The molecule has 37 heavy (non-hydrogen) atoms. The molecule has 0 saturated carbocycles. The van der Waals surface area contributed by atoms with E-state index >= 15 is 0 Å². The van der Waals surface area contributed by atoms with Crippen LogP contribution in [0.1, 0.15) is 66.4 Å². The molecule has 3 heterocycles. The number of epoxide rings is 1. The molecule has 1 aromatic rings. The summed E-state index contributed by atoms with van der Waals surface area (Å²) in [6.45, 7) is 15.4. The number of esters is 1. The second-order valence-corrected chi connectivity index (χ2v) is 11.7. The van der Waals surface area contributed by atoms with Crippen molar-refractivity contribution >= 4 is 5.97 Å². The third-order valence-electron chi connectivity index (χ3n) is 8.97. The zero-order valence-electron chi connectivity index (χ0n) is 23.6. The molecule has 4 unspecified atom stereocenters. The molecule has 1 spiro atoms. The molecular weight excluding hydrogens is 474 g/mol. The quantitative estimate of drug-likeness (QED) is 0.329. The molecule has 0 amide bonds. The van der Waals surface area contributed by atoms with Gasteiger partial charge >= 0.3 is 5.97 Å². The smallest absolute Gasteiger partial charge is 0.316 e. The fraction of sp³-hybridized carbons (Fsp3) is 0.759. The highest BCUT2D eigenvalue weighted by atomic mass is 16.7. The van der Waals surface area contributed by atoms with Crippen molar-refractivity contribution in [2.75, 3.05) is 40.1 Å². The molecule has 1 aromatic carbocycles. The van der Waals surface area contributed by atoms with Crippen LogP contribution in [0.5, 0.6) is 5.75 Å². The van der Waals surface area contributed by atoms with Gasteiger partial charge in [-0.25, -0.2) is 0 Å². The molecule has 0 radical (unpaired) electrons. The minimum atomic E-state index is -0.801. The topological polar surface area (TPSA) is 79.0 Å². The molecule has 208 valence electrons. The van der Waals surface area contributed by atoms with Crippen LogP contribution >= 0.6 is 0 Å². The number of nitrogens with zero attached hydrogens (tertiary/aromatic N) is 1. The number of hydroxylamine groups is 2. The summed E-state index contributed by atoms with van der Waals surface area (Å²) in [4.78, 5) is 19.0. The predicted molar refractivity (Wildman–Crippen MR) is 139 cm³/mol. The van der Waals surface area contributed by atoms with Gasteiger partial charge in [0.15, 0.2) is 5.79 Å². The maximum Gasteiger partial charge on any atom is 0.316 e. The second-order valence-electron chi connectivity index (χ2n) is 11.7. The van der Waals surface area contributed by atoms with Crippen LogP contribution in [0.15, 0.2) is 24.3 Å². The van der Waals surface area contributed by atoms with E-state index in [0.29, 0.717) is 19.6 Å². The van der Waals surface area contributed by atoms with E-state index in [9.17, 15) is 4.79 Å². The molecule has 3 aliphatic heterocycles. The Bertz CT molecular complexity index is 925. The Kier molecular flexibility index (Phi) is 8.27. The third-order valence-corrected chi connectivity index (χ3v) is 8.97. The Hall–Kier alpha value is -1.71. The van der Waals surface area contributed by atoms with Gasteiger partial charge in [0.2, 0.25) is 0 Å². The molecule has 3 aliphatic rings. The Morgan fingerprint density at radius 2 is 1.73 bits per heavy atom. The zero-order valence-corrected chi connectivity index (χ0v) is 23.6. The number of carbonyl (C=O) groups is 1. The van der Waals surface area contributed by atoms with E-state index in [1.54, 1.807) is 0 Å². The van der Waals surface area contributed by atoms with E-state index in [0.717, 1.165) is 31.6 Å². The fourth-order valence-corrected chi connectivity index (χ4v) is 5.77. The Labute approximate surface area is 221 Å². The average Bonchev–Trinajstić information content (AvgIpc) is 3.75. The van der Waals surface area contributed by atoms with Gasteiger partial charge in [-0.15, -0.1) is 0 Å². The number of ether oxygens (including phenoxy) is 5. The van der Waals surface area contributed by atoms with Gasteiger partial charge in [0, 0.05) is 17.9 Å². The number of methoxy groups -OCH3 is 1. The summed E-state index contributed by atoms with van der Waals surface area (Å²) in [6, 6.07) is 8.22. The minimum Gasteiger partial charge on any atom is -0.491 e. The molecule has 3 fully saturated rings. The van der Waals surface area contributed by atoms with Crippen LogP contribution in [0.25, 0.3) is 0 Å². The number of piperidine rings is 1. The molecule has 0 bridgehead atoms. The van der Waals surface area contributed by atoms with Crippen LogP contribution in [-0.2, 0) is 35.0 Å². The second kappa shape index (κ2) is 10.8. The van der Waals surface area contributed by atoms with E-state index in [1.165, 1.54) is 12.7 Å². The first-order valence-corrected chi connectivity index (χ1v) is 13.7. The predicted octanol–water partition coefficient (Wildman–Crippen LogP) is 4.54. The summed E-state index contributed by atoms with van der Waals surface area (Å²) in [5.74, 6) is -0.213. The summed E-state index contributed by atoms with van der Waals surface area (Å²) in [7, 11) is 1.41. The van der Waals surface area contributed by atoms with Crippen molar-refractivity contribution in [2.24, 2.45) is 11.3 Å². The average molecular weight is 520 g/mol. The SMILES string of the molecule is CCC1(C)CC2(OCC(C)(C(=O)OC)CO2)C(C)C(C)(CC)N1OCCc1ccc(OCC2CO2)cc1. The van der Waals surface area contributed by atoms with Crippen molar-refractivity contribution in [1.82, 2.24) is 5.06 Å². The van der Waals surface area contributed by atoms with Crippen molar-refractivity contribution < 1.29 is 33.3 Å². The highest BCUT2D eigenvalue weighted by Gasteiger charge is 2.64. The van der Waals surface area contributed by atoms with Crippen LogP contribution in [0, 0.1) is 11.3 Å². The lowest BCUT2D eigenvalue weighted by Gasteiger charge is -2.64. The summed E-state index contributed by atoms with van der Waals surface area (Å²) in [6.07, 6.45) is 3.44. The molecular formula is C29H45NO7. The maximum absolute atomic E-state index is 12.4. The third kappa shape index (κ3) is 5.55. The van der Waals surface area contributed by atoms with Crippen molar-refractivity contribution in [3.05, 3.63) is 29.8 Å². The van der Waals surface area contributed by atoms with Gasteiger partial charge in [-0.1, -0.05) is 32.9 Å². The van der Waals surface area contributed by atoms with Crippen LogP contribution in [-0.4, -0.2) is 74.1 Å². The van der Waals surface area contributed by atoms with Crippen LogP contribution in [0.4, 0.5) is 0 Å². The standard InChI is InChI=1S/C29H45NO7/c1-8-27(5)18-29(35-19-26(4,20-36-29)25(31)32-7)21(3)28(6,9-2)30(27)37-15-14-22-10-12-23(13-11-22)33-16-24-17-34-24/h10-13,21,24H,8-9,14-20H2,1-7H3. The molecule has 4 rings (SSSR count). The van der Waals surface area contributed by atoms with E-state index in [1.807, 2.05) is 19.1 Å². The molecule has 8 heteroatoms. The number of carbonyl (C=O) groups excluding carboxylic acids is 1. The Morgan fingerprint density at radius 3 is 2.27 bits per heavy atom. The van der Waals surface area contributed by atoms with E-state index in [2.05, 4.69) is 51.8 Å². The summed E-state index contributed by atoms with van der Waals surface area (Å²) >= 11 is 0. The van der Waals surface area contributed by atoms with E-state index in [4.69, 9.17) is 28.5 Å². The molecule has 4 atom stereocenters. The lowest BCUT2D eigenvalue weighted by molar-refractivity contribution is -0.407. The summed E-state index contributed by atoms with van der Waals surface area (Å²) in [5.41, 5.74) is -0.233. The van der Waals surface area contributed by atoms with Crippen molar-refractivity contribution in [3.63, 3.8) is 0 Å². The number of hydrogen-bond donors (Lipinski definition) is 0. The monoisotopic (exact) mass is 519 g/mol. The van der Waals surface area contributed by atoms with E-state index < -0.39 is 11.2 Å². The van der Waals surface area contributed by atoms with Crippen LogP contribution in [0.2, 0.25) is 0 Å². The highest BCUT2D eigenvalue weighted by Crippen LogP contribution is 2.54. The summed E-state index contributed by atoms with van der Waals surface area (Å²) < 4.78 is 29.0. The molecule has 0 N–H and O–H groups in total. The fourth-order valence-electron chi connectivity index (χ4n) is 5.77. The Morgan fingerprint density at radius 1 is 1.08 bits per heavy atom. The van der Waals surface area contributed by atoms with Gasteiger partial charge in [-0.3, -0.25) is 9.63 Å². The Balaban J connectivity index is 1.43. The highest BCUT2D eigenvalue weighted by molar-refractivity contribution is 5.76. The number of rotatable bonds is 10. The first-order chi connectivity index (χ1) is 17.5.